The van der Waals surface area contributed by atoms with Crippen LogP contribution in [0, 0.1) is 10.1 Å². The molecule has 0 bridgehead atoms. The summed E-state index contributed by atoms with van der Waals surface area (Å²) in [4.78, 5) is 27.0. The van der Waals surface area contributed by atoms with Crippen molar-refractivity contribution in [1.82, 2.24) is 14.7 Å². The predicted molar refractivity (Wildman–Crippen MR) is 114 cm³/mol. The number of benzene rings is 2. The Morgan fingerprint density at radius 2 is 1.67 bits per heavy atom. The molecule has 1 amide bonds. The maximum Gasteiger partial charge on any atom is 0.269 e. The highest BCUT2D eigenvalue weighted by atomic mass is 16.6. The Morgan fingerprint density at radius 3 is 2.33 bits per heavy atom. The Balaban J connectivity index is 1.26. The number of anilines is 1. The molecule has 8 heteroatoms. The summed E-state index contributed by atoms with van der Waals surface area (Å²) in [5.41, 5.74) is 3.07. The third-order valence-electron chi connectivity index (χ3n) is 5.34. The molecule has 0 saturated carbocycles. The minimum absolute atomic E-state index is 0.0863. The van der Waals surface area contributed by atoms with E-state index in [2.05, 4.69) is 10.00 Å². The summed E-state index contributed by atoms with van der Waals surface area (Å²) in [5.74, 6) is 0.144. The zero-order chi connectivity index (χ0) is 20.9. The van der Waals surface area contributed by atoms with Gasteiger partial charge in [0.25, 0.3) is 5.69 Å². The molecular weight excluding hydrogens is 382 g/mol. The van der Waals surface area contributed by atoms with Gasteiger partial charge in [0.15, 0.2) is 0 Å². The first kappa shape index (κ1) is 19.6. The summed E-state index contributed by atoms with van der Waals surface area (Å²) < 4.78 is 1.82. The largest absolute Gasteiger partial charge is 0.368 e. The van der Waals surface area contributed by atoms with Crippen LogP contribution in [-0.4, -0.2) is 51.7 Å². The molecule has 1 aliphatic rings. The summed E-state index contributed by atoms with van der Waals surface area (Å²) in [7, 11) is 0. The molecule has 0 N–H and O–H groups in total. The van der Waals surface area contributed by atoms with E-state index in [0.29, 0.717) is 25.9 Å². The Hall–Kier alpha value is -3.68. The molecule has 0 unspecified atom stereocenters. The third-order valence-corrected chi connectivity index (χ3v) is 5.34. The molecule has 1 fully saturated rings. The lowest BCUT2D eigenvalue weighted by atomic mass is 10.1. The number of carbonyl (C=O) groups is 1. The fourth-order valence-electron chi connectivity index (χ4n) is 3.62. The van der Waals surface area contributed by atoms with Gasteiger partial charge in [-0.25, -0.2) is 4.68 Å². The zero-order valence-corrected chi connectivity index (χ0v) is 16.6. The molecule has 4 rings (SSSR count). The second kappa shape index (κ2) is 8.77. The number of aromatic nitrogens is 2. The standard InChI is InChI=1S/C22H23N5O3/c28-22(11-6-18-16-23-26(17-18)20-4-2-1-3-5-20)25-14-12-24(13-15-25)19-7-9-21(10-8-19)27(29)30/h1-5,7-10,16-17H,6,11-15H2. The van der Waals surface area contributed by atoms with Gasteiger partial charge < -0.3 is 9.80 Å². The smallest absolute Gasteiger partial charge is 0.269 e. The second-order valence-electron chi connectivity index (χ2n) is 7.27. The number of hydrogen-bond donors (Lipinski definition) is 0. The van der Waals surface area contributed by atoms with Crippen LogP contribution in [0.25, 0.3) is 5.69 Å². The highest BCUT2D eigenvalue weighted by Crippen LogP contribution is 2.21. The number of hydrogen-bond acceptors (Lipinski definition) is 5. The van der Waals surface area contributed by atoms with Crippen LogP contribution in [0.5, 0.6) is 0 Å². The molecular formula is C22H23N5O3. The monoisotopic (exact) mass is 405 g/mol. The van der Waals surface area contributed by atoms with Gasteiger partial charge in [-0.1, -0.05) is 18.2 Å². The minimum Gasteiger partial charge on any atom is -0.368 e. The first-order valence-electron chi connectivity index (χ1n) is 9.96. The van der Waals surface area contributed by atoms with Crippen molar-refractivity contribution in [3.05, 3.63) is 82.7 Å². The van der Waals surface area contributed by atoms with E-state index in [1.54, 1.807) is 12.1 Å². The lowest BCUT2D eigenvalue weighted by Crippen LogP contribution is -2.48. The summed E-state index contributed by atoms with van der Waals surface area (Å²) in [6, 6.07) is 16.4. The number of piperazine rings is 1. The van der Waals surface area contributed by atoms with Crippen molar-refractivity contribution in [2.24, 2.45) is 0 Å². The van der Waals surface area contributed by atoms with Crippen LogP contribution in [-0.2, 0) is 11.2 Å². The number of amides is 1. The average Bonchev–Trinajstić information content (AvgIpc) is 3.27. The summed E-state index contributed by atoms with van der Waals surface area (Å²) in [6.07, 6.45) is 4.90. The van der Waals surface area contributed by atoms with Crippen molar-refractivity contribution in [1.29, 1.82) is 0 Å². The molecule has 2 heterocycles. The van der Waals surface area contributed by atoms with E-state index < -0.39 is 4.92 Å². The number of para-hydroxylation sites is 1. The van der Waals surface area contributed by atoms with Crippen LogP contribution in [0.4, 0.5) is 11.4 Å². The van der Waals surface area contributed by atoms with Gasteiger partial charge in [0.05, 0.1) is 16.8 Å². The lowest BCUT2D eigenvalue weighted by molar-refractivity contribution is -0.384. The van der Waals surface area contributed by atoms with Gasteiger partial charge in [-0.05, 0) is 36.2 Å². The minimum atomic E-state index is -0.399. The van der Waals surface area contributed by atoms with Crippen LogP contribution < -0.4 is 4.90 Å². The van der Waals surface area contributed by atoms with E-state index in [9.17, 15) is 14.9 Å². The number of nitro benzene ring substituents is 1. The Morgan fingerprint density at radius 1 is 0.967 bits per heavy atom. The van der Waals surface area contributed by atoms with E-state index >= 15 is 0 Å². The molecule has 1 saturated heterocycles. The van der Waals surface area contributed by atoms with Gasteiger partial charge in [-0.2, -0.15) is 5.10 Å². The molecule has 8 nitrogen and oxygen atoms in total. The maximum atomic E-state index is 12.6. The average molecular weight is 405 g/mol. The van der Waals surface area contributed by atoms with Gasteiger partial charge in [-0.15, -0.1) is 0 Å². The first-order chi connectivity index (χ1) is 14.6. The number of non-ortho nitro benzene ring substituents is 1. The molecule has 2 aromatic carbocycles. The zero-order valence-electron chi connectivity index (χ0n) is 16.6. The van der Waals surface area contributed by atoms with E-state index in [0.717, 1.165) is 30.0 Å². The van der Waals surface area contributed by atoms with Gasteiger partial charge in [0, 0.05) is 56.6 Å². The molecule has 0 aliphatic carbocycles. The summed E-state index contributed by atoms with van der Waals surface area (Å²) >= 11 is 0. The van der Waals surface area contributed by atoms with E-state index in [4.69, 9.17) is 0 Å². The highest BCUT2D eigenvalue weighted by Gasteiger charge is 2.21. The SMILES string of the molecule is O=C(CCc1cnn(-c2ccccc2)c1)N1CCN(c2ccc([N+](=O)[O-])cc2)CC1. The fourth-order valence-corrected chi connectivity index (χ4v) is 3.62. The van der Waals surface area contributed by atoms with Crippen LogP contribution in [0.3, 0.4) is 0 Å². The number of aryl methyl sites for hydroxylation is 1. The van der Waals surface area contributed by atoms with Gasteiger partial charge in [-0.3, -0.25) is 14.9 Å². The van der Waals surface area contributed by atoms with E-state index in [-0.39, 0.29) is 11.6 Å². The lowest BCUT2D eigenvalue weighted by Gasteiger charge is -2.36. The van der Waals surface area contributed by atoms with Crippen molar-refractivity contribution < 1.29 is 9.72 Å². The molecule has 0 spiro atoms. The van der Waals surface area contributed by atoms with E-state index in [1.165, 1.54) is 12.1 Å². The Bertz CT molecular complexity index is 1010. The topological polar surface area (TPSA) is 84.5 Å². The molecule has 0 radical (unpaired) electrons. The fraction of sp³-hybridized carbons (Fsp3) is 0.273. The van der Waals surface area contributed by atoms with Crippen molar-refractivity contribution in [2.75, 3.05) is 31.1 Å². The maximum absolute atomic E-state index is 12.6. The summed E-state index contributed by atoms with van der Waals surface area (Å²) in [5, 5.41) is 15.2. The quantitative estimate of drug-likeness (QED) is 0.465. The van der Waals surface area contributed by atoms with Crippen molar-refractivity contribution in [3.63, 3.8) is 0 Å². The van der Waals surface area contributed by atoms with Crippen LogP contribution in [0.1, 0.15) is 12.0 Å². The number of nitrogens with zero attached hydrogens (tertiary/aromatic N) is 5. The van der Waals surface area contributed by atoms with Crippen molar-refractivity contribution >= 4 is 17.3 Å². The van der Waals surface area contributed by atoms with Gasteiger partial charge in [0.1, 0.15) is 0 Å². The molecule has 3 aromatic rings. The Labute approximate surface area is 174 Å². The van der Waals surface area contributed by atoms with Crippen molar-refractivity contribution in [2.45, 2.75) is 12.8 Å². The normalized spacial score (nSPS) is 14.0. The first-order valence-corrected chi connectivity index (χ1v) is 9.96. The molecule has 30 heavy (non-hydrogen) atoms. The molecule has 0 atom stereocenters. The Kier molecular flexibility index (Phi) is 5.74. The van der Waals surface area contributed by atoms with Crippen LogP contribution >= 0.6 is 0 Å². The third kappa shape index (κ3) is 4.48. The molecule has 1 aliphatic heterocycles. The van der Waals surface area contributed by atoms with Gasteiger partial charge in [0.2, 0.25) is 5.91 Å². The number of nitro groups is 1. The molecule has 1 aromatic heterocycles. The number of rotatable bonds is 6. The second-order valence-corrected chi connectivity index (χ2v) is 7.27. The molecule has 154 valence electrons. The van der Waals surface area contributed by atoms with Crippen molar-refractivity contribution in [3.8, 4) is 5.69 Å². The van der Waals surface area contributed by atoms with Gasteiger partial charge >= 0.3 is 0 Å². The summed E-state index contributed by atoms with van der Waals surface area (Å²) in [6.45, 7) is 2.74. The highest BCUT2D eigenvalue weighted by molar-refractivity contribution is 5.76. The predicted octanol–water partition coefficient (Wildman–Crippen LogP) is 3.06. The van der Waals surface area contributed by atoms with E-state index in [1.807, 2.05) is 52.3 Å². The number of carbonyl (C=O) groups excluding carboxylic acids is 1. The van der Waals surface area contributed by atoms with Crippen LogP contribution in [0.2, 0.25) is 0 Å². The van der Waals surface area contributed by atoms with Crippen LogP contribution in [0.15, 0.2) is 67.0 Å².